The molecule has 2 rings (SSSR count). The van der Waals surface area contributed by atoms with Crippen LogP contribution < -0.4 is 0 Å². The Morgan fingerprint density at radius 1 is 1.36 bits per heavy atom. The van der Waals surface area contributed by atoms with Crippen LogP contribution in [-0.4, -0.2) is 16.3 Å². The number of aldehydes is 1. The summed E-state index contributed by atoms with van der Waals surface area (Å²) < 4.78 is 0. The first-order valence-corrected chi connectivity index (χ1v) is 3.67. The highest BCUT2D eigenvalue weighted by molar-refractivity contribution is 5.73. The lowest BCUT2D eigenvalue weighted by Gasteiger charge is -1.93. The molecule has 0 amide bonds. The van der Waals surface area contributed by atoms with Crippen LogP contribution in [0, 0.1) is 0 Å². The number of rotatable bonds is 2. The maximum Gasteiger partial charge on any atom is 0.153 e. The Morgan fingerprint density at radius 2 is 2.00 bits per heavy atom. The standard InChI is InChI=1S/C8H8N2O/c11-5-6-3-9-8(10-4-6)7-1-2-7/h3-5,7H,1-2H2. The van der Waals surface area contributed by atoms with Gasteiger partial charge in [-0.05, 0) is 12.8 Å². The fourth-order valence-corrected chi connectivity index (χ4v) is 0.961. The van der Waals surface area contributed by atoms with Gasteiger partial charge in [0.15, 0.2) is 6.29 Å². The quantitative estimate of drug-likeness (QED) is 0.591. The Hall–Kier alpha value is -1.25. The van der Waals surface area contributed by atoms with Crippen molar-refractivity contribution in [1.82, 2.24) is 9.97 Å². The zero-order valence-electron chi connectivity index (χ0n) is 6.03. The van der Waals surface area contributed by atoms with Gasteiger partial charge in [-0.2, -0.15) is 0 Å². The molecule has 1 saturated carbocycles. The third-order valence-electron chi connectivity index (χ3n) is 1.77. The summed E-state index contributed by atoms with van der Waals surface area (Å²) in [4.78, 5) is 18.4. The maximum absolute atomic E-state index is 10.2. The zero-order chi connectivity index (χ0) is 7.68. The summed E-state index contributed by atoms with van der Waals surface area (Å²) >= 11 is 0. The molecule has 1 aliphatic rings. The molecule has 11 heavy (non-hydrogen) atoms. The smallest absolute Gasteiger partial charge is 0.153 e. The van der Waals surface area contributed by atoms with E-state index in [4.69, 9.17) is 0 Å². The minimum absolute atomic E-state index is 0.550. The van der Waals surface area contributed by atoms with Crippen molar-refractivity contribution in [1.29, 1.82) is 0 Å². The Morgan fingerprint density at radius 3 is 2.45 bits per heavy atom. The number of nitrogens with zero attached hydrogens (tertiary/aromatic N) is 2. The molecule has 1 fully saturated rings. The van der Waals surface area contributed by atoms with Crippen molar-refractivity contribution in [3.8, 4) is 0 Å². The fraction of sp³-hybridized carbons (Fsp3) is 0.375. The largest absolute Gasteiger partial charge is 0.298 e. The molecule has 3 nitrogen and oxygen atoms in total. The van der Waals surface area contributed by atoms with Crippen LogP contribution in [0.2, 0.25) is 0 Å². The highest BCUT2D eigenvalue weighted by Crippen LogP contribution is 2.37. The summed E-state index contributed by atoms with van der Waals surface area (Å²) in [7, 11) is 0. The molecule has 0 N–H and O–H groups in total. The van der Waals surface area contributed by atoms with Gasteiger partial charge in [0.25, 0.3) is 0 Å². The van der Waals surface area contributed by atoms with Crippen LogP contribution in [0.1, 0.15) is 34.9 Å². The number of carbonyl (C=O) groups is 1. The first-order valence-electron chi connectivity index (χ1n) is 3.67. The second kappa shape index (κ2) is 2.42. The van der Waals surface area contributed by atoms with Gasteiger partial charge in [-0.25, -0.2) is 9.97 Å². The Kier molecular flexibility index (Phi) is 1.42. The molecule has 0 bridgehead atoms. The molecule has 0 saturated heterocycles. The van der Waals surface area contributed by atoms with E-state index < -0.39 is 0 Å². The molecule has 0 radical (unpaired) electrons. The van der Waals surface area contributed by atoms with Crippen molar-refractivity contribution in [3.63, 3.8) is 0 Å². The molecule has 0 unspecified atom stereocenters. The lowest BCUT2D eigenvalue weighted by Crippen LogP contribution is -1.92. The van der Waals surface area contributed by atoms with Crippen molar-refractivity contribution in [2.24, 2.45) is 0 Å². The van der Waals surface area contributed by atoms with Crippen LogP contribution in [-0.2, 0) is 0 Å². The first-order chi connectivity index (χ1) is 5.40. The lowest BCUT2D eigenvalue weighted by atomic mass is 10.3. The molecule has 0 spiro atoms. The van der Waals surface area contributed by atoms with Gasteiger partial charge >= 0.3 is 0 Å². The van der Waals surface area contributed by atoms with E-state index in [1.54, 1.807) is 12.4 Å². The fourth-order valence-electron chi connectivity index (χ4n) is 0.961. The molecule has 1 aromatic rings. The Labute approximate surface area is 64.5 Å². The Balaban J connectivity index is 2.25. The molecule has 0 aliphatic heterocycles. The van der Waals surface area contributed by atoms with E-state index >= 15 is 0 Å². The minimum Gasteiger partial charge on any atom is -0.298 e. The van der Waals surface area contributed by atoms with Crippen molar-refractivity contribution in [2.75, 3.05) is 0 Å². The second-order valence-electron chi connectivity index (χ2n) is 2.77. The highest BCUT2D eigenvalue weighted by atomic mass is 16.1. The molecule has 0 aromatic carbocycles. The number of hydrogen-bond donors (Lipinski definition) is 0. The van der Waals surface area contributed by atoms with E-state index in [-0.39, 0.29) is 0 Å². The van der Waals surface area contributed by atoms with E-state index in [0.29, 0.717) is 11.5 Å². The van der Waals surface area contributed by atoms with Gasteiger partial charge in [-0.15, -0.1) is 0 Å². The monoisotopic (exact) mass is 148 g/mol. The van der Waals surface area contributed by atoms with Crippen molar-refractivity contribution in [3.05, 3.63) is 23.8 Å². The molecule has 3 heteroatoms. The molecule has 1 heterocycles. The summed E-state index contributed by atoms with van der Waals surface area (Å²) in [5, 5.41) is 0. The zero-order valence-corrected chi connectivity index (χ0v) is 6.03. The van der Waals surface area contributed by atoms with Gasteiger partial charge in [-0.1, -0.05) is 0 Å². The topological polar surface area (TPSA) is 42.9 Å². The summed E-state index contributed by atoms with van der Waals surface area (Å²) in [6.07, 6.45) is 6.30. The van der Waals surface area contributed by atoms with Gasteiger partial charge < -0.3 is 0 Å². The molecule has 56 valence electrons. The van der Waals surface area contributed by atoms with E-state index in [2.05, 4.69) is 9.97 Å². The number of aromatic nitrogens is 2. The highest BCUT2D eigenvalue weighted by Gasteiger charge is 2.25. The molecule has 1 aromatic heterocycles. The van der Waals surface area contributed by atoms with E-state index in [1.807, 2.05) is 0 Å². The van der Waals surface area contributed by atoms with Gasteiger partial charge in [0, 0.05) is 18.3 Å². The molecule has 0 atom stereocenters. The van der Waals surface area contributed by atoms with Crippen LogP contribution in [0.5, 0.6) is 0 Å². The average Bonchev–Trinajstić information content (AvgIpc) is 2.87. The molecular weight excluding hydrogens is 140 g/mol. The third kappa shape index (κ3) is 1.27. The van der Waals surface area contributed by atoms with Gasteiger partial charge in [0.1, 0.15) is 5.82 Å². The SMILES string of the molecule is O=Cc1cnc(C2CC2)nc1. The number of hydrogen-bond acceptors (Lipinski definition) is 3. The van der Waals surface area contributed by atoms with Crippen LogP contribution in [0.25, 0.3) is 0 Å². The van der Waals surface area contributed by atoms with Crippen molar-refractivity contribution < 1.29 is 4.79 Å². The molecule has 1 aliphatic carbocycles. The first kappa shape index (κ1) is 6.46. The predicted molar refractivity (Wildman–Crippen MR) is 39.4 cm³/mol. The van der Waals surface area contributed by atoms with Gasteiger partial charge in [0.05, 0.1) is 5.56 Å². The van der Waals surface area contributed by atoms with E-state index in [1.165, 1.54) is 12.8 Å². The lowest BCUT2D eigenvalue weighted by molar-refractivity contribution is 0.112. The van der Waals surface area contributed by atoms with Gasteiger partial charge in [-0.3, -0.25) is 4.79 Å². The minimum atomic E-state index is 0.550. The van der Waals surface area contributed by atoms with Gasteiger partial charge in [0.2, 0.25) is 0 Å². The average molecular weight is 148 g/mol. The number of carbonyl (C=O) groups excluding carboxylic acids is 1. The normalized spacial score (nSPS) is 16.4. The van der Waals surface area contributed by atoms with E-state index in [0.717, 1.165) is 12.1 Å². The summed E-state index contributed by atoms with van der Waals surface area (Å²) in [5.41, 5.74) is 0.550. The van der Waals surface area contributed by atoms with E-state index in [9.17, 15) is 4.79 Å². The third-order valence-corrected chi connectivity index (χ3v) is 1.77. The van der Waals surface area contributed by atoms with Crippen molar-refractivity contribution in [2.45, 2.75) is 18.8 Å². The molecular formula is C8H8N2O. The summed E-state index contributed by atoms with van der Waals surface area (Å²) in [5.74, 6) is 1.45. The van der Waals surface area contributed by atoms with Crippen LogP contribution in [0.15, 0.2) is 12.4 Å². The summed E-state index contributed by atoms with van der Waals surface area (Å²) in [6.45, 7) is 0. The van der Waals surface area contributed by atoms with Crippen LogP contribution in [0.3, 0.4) is 0 Å². The predicted octanol–water partition coefficient (Wildman–Crippen LogP) is 1.17. The maximum atomic E-state index is 10.2. The Bertz CT molecular complexity index is 264. The van der Waals surface area contributed by atoms with Crippen LogP contribution >= 0.6 is 0 Å². The van der Waals surface area contributed by atoms with Crippen LogP contribution in [0.4, 0.5) is 0 Å². The van der Waals surface area contributed by atoms with Crippen molar-refractivity contribution >= 4 is 6.29 Å². The second-order valence-corrected chi connectivity index (χ2v) is 2.77. The summed E-state index contributed by atoms with van der Waals surface area (Å²) in [6, 6.07) is 0.